The Kier molecular flexibility index (Phi) is 5.97. The number of aromatic nitrogens is 3. The van der Waals surface area contributed by atoms with Gasteiger partial charge < -0.3 is 10.1 Å². The number of carbonyl (C=O) groups is 2. The van der Waals surface area contributed by atoms with E-state index in [1.807, 2.05) is 19.1 Å². The fourth-order valence-corrected chi connectivity index (χ4v) is 3.49. The average Bonchev–Trinajstić information content (AvgIpc) is 3.32. The van der Waals surface area contributed by atoms with Gasteiger partial charge in [-0.05, 0) is 37.1 Å². The fraction of sp³-hybridized carbons (Fsp3) is 0.263. The zero-order chi connectivity index (χ0) is 19.2. The number of nitrogens with zero attached hydrogens (tertiary/aromatic N) is 3. The molecule has 0 saturated heterocycles. The summed E-state index contributed by atoms with van der Waals surface area (Å²) >= 11 is 1.39. The minimum absolute atomic E-state index is 0.266. The second-order valence-electron chi connectivity index (χ2n) is 5.77. The summed E-state index contributed by atoms with van der Waals surface area (Å²) < 4.78 is 6.79. The summed E-state index contributed by atoms with van der Waals surface area (Å²) in [5.41, 5.74) is 1.92. The van der Waals surface area contributed by atoms with E-state index in [1.54, 1.807) is 36.1 Å². The van der Waals surface area contributed by atoms with E-state index >= 15 is 0 Å². The molecule has 0 unspecified atom stereocenters. The molecule has 140 valence electrons. The van der Waals surface area contributed by atoms with E-state index in [1.165, 1.54) is 17.7 Å². The number of carbonyl (C=O) groups excluding carboxylic acids is 2. The molecule has 8 heteroatoms. The highest BCUT2D eigenvalue weighted by Gasteiger charge is 2.19. The Balaban J connectivity index is 1.73. The third-order valence-corrected chi connectivity index (χ3v) is 5.08. The lowest BCUT2D eigenvalue weighted by Crippen LogP contribution is -2.14. The van der Waals surface area contributed by atoms with Gasteiger partial charge >= 0.3 is 5.97 Å². The van der Waals surface area contributed by atoms with Crippen LogP contribution in [-0.2, 0) is 17.7 Å². The number of hydrogen-bond donors (Lipinski definition) is 1. The van der Waals surface area contributed by atoms with Gasteiger partial charge in [-0.2, -0.15) is 5.10 Å². The number of thiophene rings is 1. The topological polar surface area (TPSA) is 86.1 Å². The van der Waals surface area contributed by atoms with Gasteiger partial charge in [0.1, 0.15) is 17.7 Å². The highest BCUT2D eigenvalue weighted by atomic mass is 32.1. The number of amides is 1. The second-order valence-corrected chi connectivity index (χ2v) is 6.91. The van der Waals surface area contributed by atoms with E-state index in [0.717, 1.165) is 16.9 Å². The Morgan fingerprint density at radius 1 is 1.22 bits per heavy atom. The van der Waals surface area contributed by atoms with Crippen LogP contribution in [-0.4, -0.2) is 33.2 Å². The highest BCUT2D eigenvalue weighted by Crippen LogP contribution is 2.29. The van der Waals surface area contributed by atoms with Crippen molar-refractivity contribution in [3.63, 3.8) is 0 Å². The maximum atomic E-state index is 12.6. The molecule has 1 aromatic carbocycles. The zero-order valence-corrected chi connectivity index (χ0v) is 16.0. The molecule has 0 fully saturated rings. The van der Waals surface area contributed by atoms with Crippen LogP contribution in [0.15, 0.2) is 43.0 Å². The van der Waals surface area contributed by atoms with Gasteiger partial charge in [0.2, 0.25) is 0 Å². The second kappa shape index (κ2) is 8.59. The molecule has 1 N–H and O–H groups in total. The van der Waals surface area contributed by atoms with Gasteiger partial charge in [0.15, 0.2) is 0 Å². The molecule has 2 heterocycles. The van der Waals surface area contributed by atoms with Gasteiger partial charge in [0.05, 0.1) is 18.7 Å². The third-order valence-electron chi connectivity index (χ3n) is 3.88. The molecule has 3 rings (SSSR count). The van der Waals surface area contributed by atoms with Crippen molar-refractivity contribution in [1.29, 1.82) is 0 Å². The van der Waals surface area contributed by atoms with Crippen molar-refractivity contribution in [3.05, 3.63) is 64.6 Å². The normalized spacial score (nSPS) is 10.6. The highest BCUT2D eigenvalue weighted by molar-refractivity contribution is 7.16. The van der Waals surface area contributed by atoms with Crippen molar-refractivity contribution in [2.45, 2.75) is 26.8 Å². The van der Waals surface area contributed by atoms with E-state index in [0.29, 0.717) is 22.7 Å². The van der Waals surface area contributed by atoms with Crippen LogP contribution in [0.2, 0.25) is 0 Å². The molecule has 0 bridgehead atoms. The van der Waals surface area contributed by atoms with Crippen LogP contribution < -0.4 is 5.32 Å². The molecule has 0 saturated carbocycles. The van der Waals surface area contributed by atoms with Crippen molar-refractivity contribution in [1.82, 2.24) is 14.8 Å². The van der Waals surface area contributed by atoms with Crippen molar-refractivity contribution in [2.75, 3.05) is 11.9 Å². The molecule has 0 aliphatic carbocycles. The van der Waals surface area contributed by atoms with Crippen LogP contribution in [0.1, 0.15) is 45.0 Å². The molecule has 0 radical (unpaired) electrons. The number of nitrogens with one attached hydrogen (secondary N) is 1. The summed E-state index contributed by atoms with van der Waals surface area (Å²) in [7, 11) is 0. The molecule has 0 atom stereocenters. The number of esters is 1. The Labute approximate surface area is 161 Å². The fourth-order valence-electron chi connectivity index (χ4n) is 2.51. The summed E-state index contributed by atoms with van der Waals surface area (Å²) in [5.74, 6) is -0.690. The zero-order valence-electron chi connectivity index (χ0n) is 15.1. The number of ether oxygens (including phenoxy) is 1. The lowest BCUT2D eigenvalue weighted by molar-refractivity contribution is 0.0528. The lowest BCUT2D eigenvalue weighted by atomic mass is 10.1. The molecule has 2 aromatic heterocycles. The largest absolute Gasteiger partial charge is 0.462 e. The standard InChI is InChI=1S/C19H20N4O3S/c1-3-15-9-16(19(25)26-4-2)18(27-15)22-17(24)14-7-5-13(6-8-14)10-23-12-20-11-21-23/h5-9,11-12H,3-4,10H2,1-2H3,(H,22,24). The van der Waals surface area contributed by atoms with E-state index in [9.17, 15) is 9.59 Å². The summed E-state index contributed by atoms with van der Waals surface area (Å²) in [6.07, 6.45) is 3.90. The predicted molar refractivity (Wildman–Crippen MR) is 103 cm³/mol. The first kappa shape index (κ1) is 18.8. The van der Waals surface area contributed by atoms with Crippen molar-refractivity contribution in [2.24, 2.45) is 0 Å². The van der Waals surface area contributed by atoms with E-state index in [2.05, 4.69) is 15.4 Å². The van der Waals surface area contributed by atoms with Crippen LogP contribution >= 0.6 is 11.3 Å². The van der Waals surface area contributed by atoms with Gasteiger partial charge in [-0.3, -0.25) is 4.79 Å². The minimum atomic E-state index is -0.424. The molecule has 0 spiro atoms. The quantitative estimate of drug-likeness (QED) is 0.631. The number of rotatable bonds is 7. The summed E-state index contributed by atoms with van der Waals surface area (Å²) in [6, 6.07) is 9.02. The van der Waals surface area contributed by atoms with Crippen LogP contribution in [0.4, 0.5) is 5.00 Å². The van der Waals surface area contributed by atoms with Crippen molar-refractivity contribution in [3.8, 4) is 0 Å². The number of hydrogen-bond acceptors (Lipinski definition) is 6. The van der Waals surface area contributed by atoms with Crippen LogP contribution in [0.25, 0.3) is 0 Å². The Morgan fingerprint density at radius 3 is 2.63 bits per heavy atom. The monoisotopic (exact) mass is 384 g/mol. The molecule has 0 aliphatic heterocycles. The molecule has 7 nitrogen and oxygen atoms in total. The average molecular weight is 384 g/mol. The Morgan fingerprint density at radius 2 is 2.00 bits per heavy atom. The van der Waals surface area contributed by atoms with E-state index < -0.39 is 5.97 Å². The van der Waals surface area contributed by atoms with Crippen LogP contribution in [0.5, 0.6) is 0 Å². The predicted octanol–water partition coefficient (Wildman–Crippen LogP) is 3.38. The number of aryl methyl sites for hydroxylation is 1. The van der Waals surface area contributed by atoms with Crippen LogP contribution in [0, 0.1) is 0 Å². The molecule has 0 aliphatic rings. The smallest absolute Gasteiger partial charge is 0.341 e. The molecule has 27 heavy (non-hydrogen) atoms. The number of anilines is 1. The van der Waals surface area contributed by atoms with Gasteiger partial charge in [0, 0.05) is 10.4 Å². The molecule has 1 amide bonds. The van der Waals surface area contributed by atoms with Crippen LogP contribution in [0.3, 0.4) is 0 Å². The van der Waals surface area contributed by atoms with Crippen molar-refractivity contribution >= 4 is 28.2 Å². The molecular formula is C19H20N4O3S. The third kappa shape index (κ3) is 4.59. The maximum absolute atomic E-state index is 12.6. The number of benzene rings is 1. The minimum Gasteiger partial charge on any atom is -0.462 e. The van der Waals surface area contributed by atoms with Crippen molar-refractivity contribution < 1.29 is 14.3 Å². The Hall–Kier alpha value is -3.00. The van der Waals surface area contributed by atoms with Gasteiger partial charge in [-0.25, -0.2) is 14.5 Å². The van der Waals surface area contributed by atoms with Gasteiger partial charge in [-0.1, -0.05) is 19.1 Å². The summed E-state index contributed by atoms with van der Waals surface area (Å²) in [6.45, 7) is 4.63. The first-order chi connectivity index (χ1) is 13.1. The van der Waals surface area contributed by atoms with E-state index in [4.69, 9.17) is 4.74 Å². The maximum Gasteiger partial charge on any atom is 0.341 e. The Bertz CT molecular complexity index is 917. The van der Waals surface area contributed by atoms with E-state index in [-0.39, 0.29) is 12.5 Å². The molecular weight excluding hydrogens is 364 g/mol. The van der Waals surface area contributed by atoms with Gasteiger partial charge in [-0.15, -0.1) is 11.3 Å². The molecule has 3 aromatic rings. The van der Waals surface area contributed by atoms with Gasteiger partial charge in [0.25, 0.3) is 5.91 Å². The summed E-state index contributed by atoms with van der Waals surface area (Å²) in [4.78, 5) is 29.6. The lowest BCUT2D eigenvalue weighted by Gasteiger charge is -2.07. The SMILES string of the molecule is CCOC(=O)c1cc(CC)sc1NC(=O)c1ccc(Cn2cncn2)cc1. The first-order valence-electron chi connectivity index (χ1n) is 8.63. The summed E-state index contributed by atoms with van der Waals surface area (Å²) in [5, 5.41) is 7.41. The first-order valence-corrected chi connectivity index (χ1v) is 9.44.